The molecule has 2 aromatic rings. The number of morpholine rings is 1. The van der Waals surface area contributed by atoms with Crippen LogP contribution in [0.3, 0.4) is 0 Å². The van der Waals surface area contributed by atoms with Crippen LogP contribution in [0.15, 0.2) is 52.5 Å². The number of rotatable bonds is 5. The number of amides is 5. The van der Waals surface area contributed by atoms with Gasteiger partial charge in [0, 0.05) is 13.1 Å². The monoisotopic (exact) mass is 527 g/mol. The van der Waals surface area contributed by atoms with Crippen molar-refractivity contribution in [2.24, 2.45) is 0 Å². The smallest absolute Gasteiger partial charge is 0.335 e. The van der Waals surface area contributed by atoms with Crippen molar-refractivity contribution in [2.75, 3.05) is 37.8 Å². The third-order valence-corrected chi connectivity index (χ3v) is 5.96. The third-order valence-electron chi connectivity index (χ3n) is 5.34. The van der Waals surface area contributed by atoms with Crippen molar-refractivity contribution in [1.29, 1.82) is 0 Å². The van der Waals surface area contributed by atoms with Gasteiger partial charge in [-0.15, -0.1) is 0 Å². The molecular formula is C24H22BrN3O6. The maximum Gasteiger partial charge on any atom is 0.335 e. The lowest BCUT2D eigenvalue weighted by molar-refractivity contribution is -0.137. The predicted octanol–water partition coefficient (Wildman–Crippen LogP) is 2.66. The molecule has 2 aromatic carbocycles. The second-order valence-electron chi connectivity index (χ2n) is 7.77. The van der Waals surface area contributed by atoms with Crippen molar-refractivity contribution in [1.82, 2.24) is 10.2 Å². The highest BCUT2D eigenvalue weighted by Gasteiger charge is 2.36. The van der Waals surface area contributed by atoms with Gasteiger partial charge in [-0.1, -0.05) is 18.2 Å². The summed E-state index contributed by atoms with van der Waals surface area (Å²) in [5, 5.41) is 2.21. The van der Waals surface area contributed by atoms with Gasteiger partial charge in [0.15, 0.2) is 6.61 Å². The van der Waals surface area contributed by atoms with E-state index in [9.17, 15) is 19.2 Å². The quantitative estimate of drug-likeness (QED) is 0.473. The van der Waals surface area contributed by atoms with Crippen molar-refractivity contribution < 1.29 is 28.7 Å². The molecule has 4 rings (SSSR count). The van der Waals surface area contributed by atoms with E-state index in [1.165, 1.54) is 6.08 Å². The number of carbonyl (C=O) groups excluding carboxylic acids is 4. The zero-order valence-corrected chi connectivity index (χ0v) is 20.0. The van der Waals surface area contributed by atoms with Crippen LogP contribution < -0.4 is 15.0 Å². The molecule has 0 aromatic heterocycles. The summed E-state index contributed by atoms with van der Waals surface area (Å²) in [5.74, 6) is -1.18. The summed E-state index contributed by atoms with van der Waals surface area (Å²) in [6.07, 6.45) is 1.40. The van der Waals surface area contributed by atoms with E-state index in [0.29, 0.717) is 47.8 Å². The minimum Gasteiger partial charge on any atom is -0.483 e. The summed E-state index contributed by atoms with van der Waals surface area (Å²) in [4.78, 5) is 52.7. The van der Waals surface area contributed by atoms with E-state index in [1.54, 1.807) is 41.3 Å². The predicted molar refractivity (Wildman–Crippen MR) is 127 cm³/mol. The molecule has 34 heavy (non-hydrogen) atoms. The molecule has 0 unspecified atom stereocenters. The highest BCUT2D eigenvalue weighted by atomic mass is 79.9. The first-order valence-corrected chi connectivity index (χ1v) is 11.4. The SMILES string of the molecule is Cc1cccc(N2C(=O)NC(=O)/C(=C\c3ccc(OCC(=O)N4CCOCC4)c(Br)c3)C2=O)c1. The molecular weight excluding hydrogens is 506 g/mol. The molecule has 0 radical (unpaired) electrons. The fourth-order valence-corrected chi connectivity index (χ4v) is 4.10. The molecule has 2 aliphatic heterocycles. The summed E-state index contributed by atoms with van der Waals surface area (Å²) in [6.45, 7) is 3.82. The Bertz CT molecular complexity index is 1190. The fraction of sp³-hybridized carbons (Fsp3) is 0.250. The number of nitrogens with zero attached hydrogens (tertiary/aromatic N) is 2. The molecule has 1 N–H and O–H groups in total. The first-order valence-electron chi connectivity index (χ1n) is 10.6. The molecule has 0 spiro atoms. The number of barbiturate groups is 1. The largest absolute Gasteiger partial charge is 0.483 e. The zero-order valence-electron chi connectivity index (χ0n) is 18.4. The van der Waals surface area contributed by atoms with E-state index in [2.05, 4.69) is 21.2 Å². The minimum absolute atomic E-state index is 0.118. The molecule has 176 valence electrons. The van der Waals surface area contributed by atoms with Crippen molar-refractivity contribution in [3.05, 3.63) is 63.6 Å². The molecule has 0 atom stereocenters. The number of hydrogen-bond acceptors (Lipinski definition) is 6. The van der Waals surface area contributed by atoms with Gasteiger partial charge in [0.1, 0.15) is 11.3 Å². The standard InChI is InChI=1S/C24H22BrN3O6/c1-15-3-2-4-17(11-15)28-23(31)18(22(30)26-24(28)32)12-16-5-6-20(19(25)13-16)34-14-21(29)27-7-9-33-10-8-27/h2-6,11-13H,7-10,14H2,1H3,(H,26,30,32)/b18-12+. The number of hydrogen-bond donors (Lipinski definition) is 1. The van der Waals surface area contributed by atoms with Gasteiger partial charge in [0.25, 0.3) is 17.7 Å². The number of nitrogens with one attached hydrogen (secondary N) is 1. The van der Waals surface area contributed by atoms with Crippen molar-refractivity contribution in [2.45, 2.75) is 6.92 Å². The summed E-state index contributed by atoms with van der Waals surface area (Å²) in [7, 11) is 0. The number of halogens is 1. The Morgan fingerprint density at radius 1 is 1.15 bits per heavy atom. The number of imide groups is 2. The van der Waals surface area contributed by atoms with Gasteiger partial charge in [-0.2, -0.15) is 0 Å². The maximum atomic E-state index is 13.0. The summed E-state index contributed by atoms with van der Waals surface area (Å²) in [5.41, 5.74) is 1.60. The van der Waals surface area contributed by atoms with Crippen molar-refractivity contribution in [3.8, 4) is 5.75 Å². The average Bonchev–Trinajstić information content (AvgIpc) is 2.81. The van der Waals surface area contributed by atoms with Crippen LogP contribution in [0.5, 0.6) is 5.75 Å². The van der Waals surface area contributed by atoms with Crippen molar-refractivity contribution in [3.63, 3.8) is 0 Å². The third kappa shape index (κ3) is 5.18. The van der Waals surface area contributed by atoms with Gasteiger partial charge in [-0.25, -0.2) is 9.69 Å². The minimum atomic E-state index is -0.799. The molecule has 2 aliphatic rings. The second kappa shape index (κ2) is 10.2. The lowest BCUT2D eigenvalue weighted by Crippen LogP contribution is -2.54. The number of aryl methyl sites for hydroxylation is 1. The molecule has 0 aliphatic carbocycles. The lowest BCUT2D eigenvalue weighted by Gasteiger charge is -2.27. The van der Waals surface area contributed by atoms with Crippen LogP contribution in [0.2, 0.25) is 0 Å². The van der Waals surface area contributed by atoms with E-state index < -0.39 is 17.8 Å². The average molecular weight is 528 g/mol. The van der Waals surface area contributed by atoms with E-state index in [1.807, 2.05) is 13.0 Å². The normalized spacial score (nSPS) is 17.7. The first kappa shape index (κ1) is 23.7. The molecule has 5 amide bonds. The Balaban J connectivity index is 1.50. The van der Waals surface area contributed by atoms with E-state index in [4.69, 9.17) is 9.47 Å². The van der Waals surface area contributed by atoms with Gasteiger partial charge in [-0.3, -0.25) is 19.7 Å². The maximum absolute atomic E-state index is 13.0. The summed E-state index contributed by atoms with van der Waals surface area (Å²) < 4.78 is 11.4. The Morgan fingerprint density at radius 3 is 2.62 bits per heavy atom. The summed E-state index contributed by atoms with van der Waals surface area (Å²) >= 11 is 3.41. The molecule has 0 bridgehead atoms. The zero-order chi connectivity index (χ0) is 24.2. The number of anilines is 1. The van der Waals surface area contributed by atoms with Crippen LogP contribution in [0.1, 0.15) is 11.1 Å². The number of ether oxygens (including phenoxy) is 2. The number of benzene rings is 2. The van der Waals surface area contributed by atoms with Crippen LogP contribution in [-0.4, -0.2) is 61.6 Å². The molecule has 2 heterocycles. The van der Waals surface area contributed by atoms with Crippen LogP contribution in [0.4, 0.5) is 10.5 Å². The number of urea groups is 1. The van der Waals surface area contributed by atoms with Crippen LogP contribution in [0, 0.1) is 6.92 Å². The van der Waals surface area contributed by atoms with Crippen LogP contribution in [0.25, 0.3) is 6.08 Å². The topological polar surface area (TPSA) is 105 Å². The first-order chi connectivity index (χ1) is 16.3. The van der Waals surface area contributed by atoms with E-state index in [0.717, 1.165) is 10.5 Å². The summed E-state index contributed by atoms with van der Waals surface area (Å²) in [6, 6.07) is 11.0. The molecule has 9 nitrogen and oxygen atoms in total. The fourth-order valence-electron chi connectivity index (χ4n) is 3.59. The van der Waals surface area contributed by atoms with Gasteiger partial charge >= 0.3 is 6.03 Å². The Morgan fingerprint density at radius 2 is 1.91 bits per heavy atom. The van der Waals surface area contributed by atoms with E-state index >= 15 is 0 Å². The van der Waals surface area contributed by atoms with Crippen LogP contribution in [-0.2, 0) is 19.1 Å². The van der Waals surface area contributed by atoms with E-state index in [-0.39, 0.29) is 18.1 Å². The lowest BCUT2D eigenvalue weighted by atomic mass is 10.1. The van der Waals surface area contributed by atoms with Gasteiger partial charge in [0.05, 0.1) is 23.4 Å². The Kier molecular flexibility index (Phi) is 7.09. The van der Waals surface area contributed by atoms with Crippen molar-refractivity contribution >= 4 is 51.4 Å². The van der Waals surface area contributed by atoms with Gasteiger partial charge in [-0.05, 0) is 64.3 Å². The Labute approximate surface area is 204 Å². The molecule has 10 heteroatoms. The Hall–Kier alpha value is -3.50. The second-order valence-corrected chi connectivity index (χ2v) is 8.62. The molecule has 2 fully saturated rings. The highest BCUT2D eigenvalue weighted by Crippen LogP contribution is 2.28. The van der Waals surface area contributed by atoms with Gasteiger partial charge in [0.2, 0.25) is 0 Å². The number of carbonyl (C=O) groups is 4. The highest BCUT2D eigenvalue weighted by molar-refractivity contribution is 9.10. The van der Waals surface area contributed by atoms with Gasteiger partial charge < -0.3 is 14.4 Å². The molecule has 0 saturated carbocycles. The molecule has 2 saturated heterocycles. The van der Waals surface area contributed by atoms with Crippen LogP contribution >= 0.6 is 15.9 Å².